The van der Waals surface area contributed by atoms with E-state index < -0.39 is 0 Å². The van der Waals surface area contributed by atoms with E-state index >= 15 is 0 Å². The fraction of sp³-hybridized carbons (Fsp3) is 0.350. The highest BCUT2D eigenvalue weighted by molar-refractivity contribution is 5.78. The molecule has 0 heterocycles. The van der Waals surface area contributed by atoms with Crippen molar-refractivity contribution < 1.29 is 14.3 Å². The van der Waals surface area contributed by atoms with Gasteiger partial charge >= 0.3 is 0 Å². The SMILES string of the molecule is COc1cc(CNC(=O)C(C)C(C)N)ccc1OCc1ccccc1. The van der Waals surface area contributed by atoms with Crippen LogP contribution in [-0.2, 0) is 17.9 Å². The van der Waals surface area contributed by atoms with E-state index in [0.717, 1.165) is 11.1 Å². The lowest BCUT2D eigenvalue weighted by atomic mass is 10.0. The van der Waals surface area contributed by atoms with Crippen LogP contribution in [0, 0.1) is 5.92 Å². The Kier molecular flexibility index (Phi) is 6.83. The molecule has 0 fully saturated rings. The molecular formula is C20H26N2O3. The second-order valence-electron chi connectivity index (χ2n) is 6.13. The van der Waals surface area contributed by atoms with Crippen molar-refractivity contribution >= 4 is 5.91 Å². The number of amides is 1. The van der Waals surface area contributed by atoms with Gasteiger partial charge in [0.2, 0.25) is 5.91 Å². The molecule has 2 rings (SSSR count). The van der Waals surface area contributed by atoms with Gasteiger partial charge in [0.25, 0.3) is 0 Å². The van der Waals surface area contributed by atoms with Crippen LogP contribution in [0.1, 0.15) is 25.0 Å². The Bertz CT molecular complexity index is 687. The summed E-state index contributed by atoms with van der Waals surface area (Å²) in [4.78, 5) is 12.0. The first-order chi connectivity index (χ1) is 12.0. The van der Waals surface area contributed by atoms with Crippen LogP contribution >= 0.6 is 0 Å². The summed E-state index contributed by atoms with van der Waals surface area (Å²) in [5.41, 5.74) is 7.78. The number of nitrogens with two attached hydrogens (primary N) is 1. The zero-order chi connectivity index (χ0) is 18.2. The molecule has 0 aliphatic heterocycles. The molecule has 0 saturated carbocycles. The standard InChI is InChI=1S/C20H26N2O3/c1-14(15(2)21)20(23)22-12-17-9-10-18(19(11-17)24-3)25-13-16-7-5-4-6-8-16/h4-11,14-15H,12-13,21H2,1-3H3,(H,22,23). The molecule has 2 unspecified atom stereocenters. The van der Waals surface area contributed by atoms with Gasteiger partial charge in [0, 0.05) is 18.5 Å². The zero-order valence-electron chi connectivity index (χ0n) is 15.0. The van der Waals surface area contributed by atoms with Gasteiger partial charge in [-0.3, -0.25) is 4.79 Å². The zero-order valence-corrected chi connectivity index (χ0v) is 15.0. The van der Waals surface area contributed by atoms with Crippen LogP contribution < -0.4 is 20.5 Å². The van der Waals surface area contributed by atoms with Crippen molar-refractivity contribution in [2.24, 2.45) is 11.7 Å². The normalized spacial score (nSPS) is 13.0. The van der Waals surface area contributed by atoms with Crippen LogP contribution in [0.3, 0.4) is 0 Å². The summed E-state index contributed by atoms with van der Waals surface area (Å²) >= 11 is 0. The maximum atomic E-state index is 12.0. The Hall–Kier alpha value is -2.53. The van der Waals surface area contributed by atoms with E-state index in [1.807, 2.05) is 62.4 Å². The third-order valence-corrected chi connectivity index (χ3v) is 4.13. The van der Waals surface area contributed by atoms with Gasteiger partial charge < -0.3 is 20.5 Å². The molecule has 0 saturated heterocycles. The first kappa shape index (κ1) is 18.8. The van der Waals surface area contributed by atoms with E-state index in [1.54, 1.807) is 7.11 Å². The van der Waals surface area contributed by atoms with Gasteiger partial charge in [-0.2, -0.15) is 0 Å². The molecule has 1 amide bonds. The van der Waals surface area contributed by atoms with E-state index in [1.165, 1.54) is 0 Å². The summed E-state index contributed by atoms with van der Waals surface area (Å²) in [6, 6.07) is 15.4. The number of carbonyl (C=O) groups excluding carboxylic acids is 1. The second-order valence-corrected chi connectivity index (χ2v) is 6.13. The van der Waals surface area contributed by atoms with Gasteiger partial charge in [-0.25, -0.2) is 0 Å². The molecule has 134 valence electrons. The number of rotatable bonds is 8. The minimum absolute atomic E-state index is 0.0571. The van der Waals surface area contributed by atoms with Crippen molar-refractivity contribution in [1.29, 1.82) is 0 Å². The molecule has 0 aliphatic rings. The average Bonchev–Trinajstić information content (AvgIpc) is 2.64. The molecule has 5 heteroatoms. The molecule has 0 aromatic heterocycles. The summed E-state index contributed by atoms with van der Waals surface area (Å²) in [6.45, 7) is 4.54. The number of hydrogen-bond donors (Lipinski definition) is 2. The van der Waals surface area contributed by atoms with Gasteiger partial charge in [-0.1, -0.05) is 43.3 Å². The van der Waals surface area contributed by atoms with Crippen molar-refractivity contribution in [3.05, 3.63) is 59.7 Å². The number of benzene rings is 2. The molecule has 2 atom stereocenters. The van der Waals surface area contributed by atoms with Crippen molar-refractivity contribution in [2.45, 2.75) is 33.0 Å². The van der Waals surface area contributed by atoms with Gasteiger partial charge in [0.1, 0.15) is 6.61 Å². The molecule has 0 aliphatic carbocycles. The van der Waals surface area contributed by atoms with Crippen LogP contribution in [-0.4, -0.2) is 19.1 Å². The molecule has 2 aromatic carbocycles. The summed E-state index contributed by atoms with van der Waals surface area (Å²) < 4.78 is 11.2. The lowest BCUT2D eigenvalue weighted by Crippen LogP contribution is -2.38. The Balaban J connectivity index is 1.97. The summed E-state index contributed by atoms with van der Waals surface area (Å²) in [5, 5.41) is 2.89. The predicted molar refractivity (Wildman–Crippen MR) is 98.4 cm³/mol. The molecular weight excluding hydrogens is 316 g/mol. The molecule has 3 N–H and O–H groups in total. The minimum atomic E-state index is -0.227. The topological polar surface area (TPSA) is 73.6 Å². The van der Waals surface area contributed by atoms with E-state index in [0.29, 0.717) is 24.7 Å². The lowest BCUT2D eigenvalue weighted by molar-refractivity contribution is -0.125. The Morgan fingerprint density at radius 2 is 1.80 bits per heavy atom. The quantitative estimate of drug-likeness (QED) is 0.774. The molecule has 0 bridgehead atoms. The van der Waals surface area contributed by atoms with Crippen molar-refractivity contribution in [3.63, 3.8) is 0 Å². The third-order valence-electron chi connectivity index (χ3n) is 4.13. The van der Waals surface area contributed by atoms with Gasteiger partial charge in [-0.15, -0.1) is 0 Å². The number of hydrogen-bond acceptors (Lipinski definition) is 4. The summed E-state index contributed by atoms with van der Waals surface area (Å²) in [7, 11) is 1.60. The first-order valence-corrected chi connectivity index (χ1v) is 8.38. The van der Waals surface area contributed by atoms with Crippen LogP contribution in [0.5, 0.6) is 11.5 Å². The highest BCUT2D eigenvalue weighted by atomic mass is 16.5. The van der Waals surface area contributed by atoms with E-state index in [4.69, 9.17) is 15.2 Å². The largest absolute Gasteiger partial charge is 0.493 e. The fourth-order valence-electron chi connectivity index (χ4n) is 2.27. The van der Waals surface area contributed by atoms with Crippen molar-refractivity contribution in [1.82, 2.24) is 5.32 Å². The van der Waals surface area contributed by atoms with Crippen LogP contribution in [0.25, 0.3) is 0 Å². The van der Waals surface area contributed by atoms with Gasteiger partial charge in [0.15, 0.2) is 11.5 Å². The van der Waals surface area contributed by atoms with E-state index in [-0.39, 0.29) is 17.9 Å². The Morgan fingerprint density at radius 3 is 2.44 bits per heavy atom. The van der Waals surface area contributed by atoms with Crippen LogP contribution in [0.2, 0.25) is 0 Å². The minimum Gasteiger partial charge on any atom is -0.493 e. The van der Waals surface area contributed by atoms with E-state index in [9.17, 15) is 4.79 Å². The Morgan fingerprint density at radius 1 is 1.08 bits per heavy atom. The highest BCUT2D eigenvalue weighted by Crippen LogP contribution is 2.28. The summed E-state index contributed by atoms with van der Waals surface area (Å²) in [5.74, 6) is 1.03. The number of nitrogens with one attached hydrogen (secondary N) is 1. The predicted octanol–water partition coefficient (Wildman–Crippen LogP) is 2.87. The van der Waals surface area contributed by atoms with Crippen molar-refractivity contribution in [2.75, 3.05) is 7.11 Å². The number of carbonyl (C=O) groups is 1. The second kappa shape index (κ2) is 9.08. The average molecular weight is 342 g/mol. The molecule has 2 aromatic rings. The molecule has 25 heavy (non-hydrogen) atoms. The molecule has 0 spiro atoms. The van der Waals surface area contributed by atoms with Crippen molar-refractivity contribution in [3.8, 4) is 11.5 Å². The number of ether oxygens (including phenoxy) is 2. The molecule has 0 radical (unpaired) electrons. The van der Waals surface area contributed by atoms with Crippen LogP contribution in [0.15, 0.2) is 48.5 Å². The number of methoxy groups -OCH3 is 1. The van der Waals surface area contributed by atoms with E-state index in [2.05, 4.69) is 5.32 Å². The molecule has 5 nitrogen and oxygen atoms in total. The van der Waals surface area contributed by atoms with Gasteiger partial charge in [0.05, 0.1) is 7.11 Å². The van der Waals surface area contributed by atoms with Crippen LogP contribution in [0.4, 0.5) is 0 Å². The van der Waals surface area contributed by atoms with Gasteiger partial charge in [-0.05, 0) is 30.2 Å². The Labute approximate surface area is 149 Å². The third kappa shape index (κ3) is 5.50. The monoisotopic (exact) mass is 342 g/mol. The first-order valence-electron chi connectivity index (χ1n) is 8.38. The smallest absolute Gasteiger partial charge is 0.224 e. The fourth-order valence-corrected chi connectivity index (χ4v) is 2.27. The summed E-state index contributed by atoms with van der Waals surface area (Å²) in [6.07, 6.45) is 0. The lowest BCUT2D eigenvalue weighted by Gasteiger charge is -2.16. The maximum Gasteiger partial charge on any atom is 0.224 e. The maximum absolute atomic E-state index is 12.0. The highest BCUT2D eigenvalue weighted by Gasteiger charge is 2.16.